The van der Waals surface area contributed by atoms with Gasteiger partial charge < -0.3 is 9.47 Å². The van der Waals surface area contributed by atoms with Crippen molar-refractivity contribution in [2.45, 2.75) is 11.8 Å². The van der Waals surface area contributed by atoms with E-state index in [2.05, 4.69) is 30.6 Å². The predicted octanol–water partition coefficient (Wildman–Crippen LogP) is 2.12. The maximum absolute atomic E-state index is 5.31. The Balaban J connectivity index is 2.48. The first-order valence-electron chi connectivity index (χ1n) is 5.30. The Morgan fingerprint density at radius 1 is 1.25 bits per heavy atom. The molecule has 1 unspecified atom stereocenters. The summed E-state index contributed by atoms with van der Waals surface area (Å²) >= 11 is 4.61. The van der Waals surface area contributed by atoms with E-state index in [1.165, 1.54) is 11.1 Å². The normalized spacial score (nSPS) is 20.4. The van der Waals surface area contributed by atoms with Crippen molar-refractivity contribution in [1.82, 2.24) is 4.90 Å². The number of nitrogens with zero attached hydrogens (tertiary/aromatic N) is 1. The average Bonchev–Trinajstić information content (AvgIpc) is 2.32. The van der Waals surface area contributed by atoms with Crippen LogP contribution < -0.4 is 9.47 Å². The highest BCUT2D eigenvalue weighted by Crippen LogP contribution is 2.38. The molecule has 16 heavy (non-hydrogen) atoms. The molecule has 3 nitrogen and oxygen atoms in total. The summed E-state index contributed by atoms with van der Waals surface area (Å²) in [6.07, 6.45) is 1.03. The molecular formula is C12H17NO2S. The third-order valence-corrected chi connectivity index (χ3v) is 3.75. The summed E-state index contributed by atoms with van der Waals surface area (Å²) < 4.78 is 10.6. The molecule has 0 saturated heterocycles. The van der Waals surface area contributed by atoms with Gasteiger partial charge in [-0.1, -0.05) is 0 Å². The molecule has 0 amide bonds. The van der Waals surface area contributed by atoms with Crippen LogP contribution in [0.4, 0.5) is 0 Å². The zero-order valence-electron chi connectivity index (χ0n) is 9.86. The second-order valence-electron chi connectivity index (χ2n) is 4.01. The van der Waals surface area contributed by atoms with Crippen LogP contribution in [-0.2, 0) is 6.42 Å². The molecule has 1 aliphatic rings. The molecule has 1 aromatic carbocycles. The topological polar surface area (TPSA) is 21.7 Å². The molecule has 1 aromatic rings. The lowest BCUT2D eigenvalue weighted by molar-refractivity contribution is 0.301. The van der Waals surface area contributed by atoms with Crippen molar-refractivity contribution in [1.29, 1.82) is 0 Å². The van der Waals surface area contributed by atoms with E-state index in [4.69, 9.17) is 9.47 Å². The maximum atomic E-state index is 5.31. The van der Waals surface area contributed by atoms with Gasteiger partial charge in [0.2, 0.25) is 0 Å². The lowest BCUT2D eigenvalue weighted by Gasteiger charge is -2.31. The number of benzene rings is 1. The van der Waals surface area contributed by atoms with Gasteiger partial charge in [-0.25, -0.2) is 0 Å². The van der Waals surface area contributed by atoms with Gasteiger partial charge in [0.25, 0.3) is 0 Å². The fourth-order valence-corrected chi connectivity index (χ4v) is 2.41. The van der Waals surface area contributed by atoms with Crippen LogP contribution in [0.1, 0.15) is 16.5 Å². The van der Waals surface area contributed by atoms with Gasteiger partial charge in [-0.3, -0.25) is 4.90 Å². The van der Waals surface area contributed by atoms with Crippen molar-refractivity contribution in [3.8, 4) is 11.5 Å². The van der Waals surface area contributed by atoms with Crippen LogP contribution in [-0.4, -0.2) is 32.7 Å². The Morgan fingerprint density at radius 3 is 2.50 bits per heavy atom. The monoisotopic (exact) mass is 239 g/mol. The number of rotatable bonds is 2. The van der Waals surface area contributed by atoms with E-state index in [1.54, 1.807) is 14.2 Å². The first-order chi connectivity index (χ1) is 7.67. The maximum Gasteiger partial charge on any atom is 0.161 e. The molecular weight excluding hydrogens is 222 g/mol. The Bertz CT molecular complexity index is 395. The standard InChI is InChI=1S/C12H17NO2S/c1-13-5-4-8-6-10(14-2)11(15-3)7-9(8)12(13)16/h6-7,12,16H,4-5H2,1-3H3. The molecule has 1 heterocycles. The first-order valence-corrected chi connectivity index (χ1v) is 5.82. The Kier molecular flexibility index (Phi) is 3.30. The molecule has 0 saturated carbocycles. The molecule has 1 atom stereocenters. The van der Waals surface area contributed by atoms with Crippen molar-refractivity contribution in [2.75, 3.05) is 27.8 Å². The quantitative estimate of drug-likeness (QED) is 0.799. The number of thiol groups is 1. The summed E-state index contributed by atoms with van der Waals surface area (Å²) in [7, 11) is 5.40. The Labute approximate surface area is 102 Å². The predicted molar refractivity (Wildman–Crippen MR) is 67.6 cm³/mol. The third-order valence-electron chi connectivity index (χ3n) is 3.07. The fourth-order valence-electron chi connectivity index (χ4n) is 2.05. The van der Waals surface area contributed by atoms with E-state index in [1.807, 2.05) is 6.07 Å². The van der Waals surface area contributed by atoms with Crippen molar-refractivity contribution in [2.24, 2.45) is 0 Å². The van der Waals surface area contributed by atoms with Gasteiger partial charge in [0, 0.05) is 6.54 Å². The van der Waals surface area contributed by atoms with Crippen LogP contribution in [0.3, 0.4) is 0 Å². The van der Waals surface area contributed by atoms with Crippen molar-refractivity contribution < 1.29 is 9.47 Å². The number of methoxy groups -OCH3 is 2. The molecule has 0 spiro atoms. The van der Waals surface area contributed by atoms with E-state index in [0.29, 0.717) is 0 Å². The smallest absolute Gasteiger partial charge is 0.161 e. The van der Waals surface area contributed by atoms with Crippen LogP contribution in [0.15, 0.2) is 12.1 Å². The molecule has 0 aromatic heterocycles. The van der Waals surface area contributed by atoms with E-state index in [0.717, 1.165) is 24.5 Å². The minimum atomic E-state index is 0.142. The summed E-state index contributed by atoms with van der Waals surface area (Å²) in [4.78, 5) is 2.22. The van der Waals surface area contributed by atoms with Crippen molar-refractivity contribution in [3.05, 3.63) is 23.3 Å². The minimum absolute atomic E-state index is 0.142. The lowest BCUT2D eigenvalue weighted by Crippen LogP contribution is -2.29. The highest BCUT2D eigenvalue weighted by molar-refractivity contribution is 7.80. The van der Waals surface area contributed by atoms with Crippen LogP contribution in [0, 0.1) is 0 Å². The fraction of sp³-hybridized carbons (Fsp3) is 0.500. The molecule has 88 valence electrons. The van der Waals surface area contributed by atoms with Crippen LogP contribution >= 0.6 is 12.6 Å². The minimum Gasteiger partial charge on any atom is -0.493 e. The van der Waals surface area contributed by atoms with Gasteiger partial charge >= 0.3 is 0 Å². The van der Waals surface area contributed by atoms with E-state index in [9.17, 15) is 0 Å². The Hall–Kier alpha value is -0.870. The van der Waals surface area contributed by atoms with Gasteiger partial charge in [0.1, 0.15) is 0 Å². The van der Waals surface area contributed by atoms with Gasteiger partial charge in [-0.15, -0.1) is 0 Å². The van der Waals surface area contributed by atoms with Crippen molar-refractivity contribution >= 4 is 12.6 Å². The molecule has 0 bridgehead atoms. The molecule has 0 fully saturated rings. The second kappa shape index (κ2) is 4.55. The van der Waals surface area contributed by atoms with Crippen LogP contribution in [0.5, 0.6) is 11.5 Å². The third kappa shape index (κ3) is 1.87. The van der Waals surface area contributed by atoms with Crippen LogP contribution in [0.25, 0.3) is 0 Å². The number of hydrogen-bond acceptors (Lipinski definition) is 4. The molecule has 0 aliphatic carbocycles. The zero-order chi connectivity index (χ0) is 11.7. The molecule has 0 N–H and O–H groups in total. The van der Waals surface area contributed by atoms with Gasteiger partial charge in [-0.2, -0.15) is 12.6 Å². The molecule has 0 radical (unpaired) electrons. The van der Waals surface area contributed by atoms with Crippen molar-refractivity contribution in [3.63, 3.8) is 0 Å². The van der Waals surface area contributed by atoms with E-state index >= 15 is 0 Å². The first kappa shape index (κ1) is 11.6. The number of likely N-dealkylation sites (N-methyl/N-ethyl adjacent to an activating group) is 1. The second-order valence-corrected chi connectivity index (χ2v) is 4.50. The number of fused-ring (bicyclic) bond motifs is 1. The number of hydrogen-bond donors (Lipinski definition) is 1. The van der Waals surface area contributed by atoms with Gasteiger partial charge in [-0.05, 0) is 36.7 Å². The highest BCUT2D eigenvalue weighted by atomic mass is 32.1. The molecule has 2 rings (SSSR count). The largest absolute Gasteiger partial charge is 0.493 e. The zero-order valence-corrected chi connectivity index (χ0v) is 10.8. The summed E-state index contributed by atoms with van der Waals surface area (Å²) in [5.41, 5.74) is 2.52. The average molecular weight is 239 g/mol. The van der Waals surface area contributed by atoms with Gasteiger partial charge in [0.05, 0.1) is 19.6 Å². The molecule has 4 heteroatoms. The van der Waals surface area contributed by atoms with Crippen LogP contribution in [0.2, 0.25) is 0 Å². The Morgan fingerprint density at radius 2 is 1.88 bits per heavy atom. The van der Waals surface area contributed by atoms with E-state index in [-0.39, 0.29) is 5.37 Å². The summed E-state index contributed by atoms with van der Waals surface area (Å²) in [6, 6.07) is 4.09. The molecule has 1 aliphatic heterocycles. The SMILES string of the molecule is COc1cc2c(cc1OC)C(S)N(C)CC2. The van der Waals surface area contributed by atoms with Gasteiger partial charge in [0.15, 0.2) is 11.5 Å². The number of ether oxygens (including phenoxy) is 2. The van der Waals surface area contributed by atoms with E-state index < -0.39 is 0 Å². The lowest BCUT2D eigenvalue weighted by atomic mass is 9.99. The summed E-state index contributed by atoms with van der Waals surface area (Å²) in [5, 5.41) is 0.142. The summed E-state index contributed by atoms with van der Waals surface area (Å²) in [6.45, 7) is 1.02. The highest BCUT2D eigenvalue weighted by Gasteiger charge is 2.23. The summed E-state index contributed by atoms with van der Waals surface area (Å²) in [5.74, 6) is 1.57.